The second kappa shape index (κ2) is 6.30. The van der Waals surface area contributed by atoms with E-state index in [4.69, 9.17) is 9.15 Å². The summed E-state index contributed by atoms with van der Waals surface area (Å²) in [5, 5.41) is 3.67. The van der Waals surface area contributed by atoms with E-state index in [0.717, 1.165) is 17.3 Å². The van der Waals surface area contributed by atoms with E-state index in [0.29, 0.717) is 18.0 Å². The Morgan fingerprint density at radius 2 is 2.18 bits per heavy atom. The third-order valence-corrected chi connectivity index (χ3v) is 3.19. The molecule has 0 aliphatic rings. The van der Waals surface area contributed by atoms with Gasteiger partial charge in [-0.1, -0.05) is 6.92 Å². The molecule has 22 heavy (non-hydrogen) atoms. The van der Waals surface area contributed by atoms with Crippen molar-refractivity contribution in [1.82, 2.24) is 4.98 Å². The van der Waals surface area contributed by atoms with Crippen LogP contribution in [0.3, 0.4) is 0 Å². The smallest absolute Gasteiger partial charge is 0.291 e. The average molecular weight is 296 g/mol. The van der Waals surface area contributed by atoms with Gasteiger partial charge in [-0.2, -0.15) is 0 Å². The quantitative estimate of drug-likeness (QED) is 0.776. The molecule has 0 fully saturated rings. The number of carbonyl (C=O) groups excluding carboxylic acids is 1. The number of anilines is 1. The highest BCUT2D eigenvalue weighted by atomic mass is 16.5. The molecule has 2 aromatic heterocycles. The zero-order valence-corrected chi connectivity index (χ0v) is 12.2. The predicted molar refractivity (Wildman–Crippen MR) is 84.2 cm³/mol. The van der Waals surface area contributed by atoms with Crippen LogP contribution in [-0.2, 0) is 0 Å². The molecule has 5 heteroatoms. The third-order valence-electron chi connectivity index (χ3n) is 3.19. The minimum absolute atomic E-state index is 0.267. The molecule has 0 aliphatic carbocycles. The Bertz CT molecular complexity index is 782. The molecule has 0 unspecified atom stereocenters. The molecule has 0 aliphatic heterocycles. The molecule has 5 nitrogen and oxygen atoms in total. The Morgan fingerprint density at radius 3 is 2.95 bits per heavy atom. The molecule has 0 bridgehead atoms. The number of carbonyl (C=O) groups is 1. The first kappa shape index (κ1) is 14.1. The van der Waals surface area contributed by atoms with Crippen LogP contribution in [0.2, 0.25) is 0 Å². The molecular formula is C17H16N2O3. The van der Waals surface area contributed by atoms with Crippen LogP contribution < -0.4 is 10.1 Å². The zero-order valence-electron chi connectivity index (χ0n) is 12.2. The number of aromatic nitrogens is 1. The standard InChI is InChI=1S/C17H16N2O3/c1-2-10-21-14-8-7-13(12-5-3-9-18-16(12)14)19-17(20)15-6-4-11-22-15/h3-9,11H,2,10H2,1H3,(H,19,20). The lowest BCUT2D eigenvalue weighted by Gasteiger charge is -2.11. The number of amides is 1. The van der Waals surface area contributed by atoms with Gasteiger partial charge in [-0.3, -0.25) is 9.78 Å². The van der Waals surface area contributed by atoms with Crippen molar-refractivity contribution in [3.8, 4) is 5.75 Å². The molecule has 2 heterocycles. The van der Waals surface area contributed by atoms with Gasteiger partial charge < -0.3 is 14.5 Å². The van der Waals surface area contributed by atoms with Crippen molar-refractivity contribution in [2.24, 2.45) is 0 Å². The maximum Gasteiger partial charge on any atom is 0.291 e. The minimum atomic E-state index is -0.294. The lowest BCUT2D eigenvalue weighted by molar-refractivity contribution is 0.0997. The lowest BCUT2D eigenvalue weighted by Crippen LogP contribution is -2.11. The van der Waals surface area contributed by atoms with Crippen LogP contribution in [0.25, 0.3) is 10.9 Å². The molecule has 0 spiro atoms. The van der Waals surface area contributed by atoms with Crippen molar-refractivity contribution in [2.45, 2.75) is 13.3 Å². The van der Waals surface area contributed by atoms with Crippen molar-refractivity contribution in [1.29, 1.82) is 0 Å². The number of hydrogen-bond acceptors (Lipinski definition) is 4. The van der Waals surface area contributed by atoms with Crippen LogP contribution in [0.5, 0.6) is 5.75 Å². The molecule has 0 radical (unpaired) electrons. The Kier molecular flexibility index (Phi) is 4.05. The summed E-state index contributed by atoms with van der Waals surface area (Å²) in [6.07, 6.45) is 4.10. The Labute approximate surface area is 127 Å². The molecule has 0 saturated heterocycles. The Morgan fingerprint density at radius 1 is 1.27 bits per heavy atom. The molecule has 3 rings (SSSR count). The normalized spacial score (nSPS) is 10.6. The van der Waals surface area contributed by atoms with Gasteiger partial charge >= 0.3 is 0 Å². The van der Waals surface area contributed by atoms with Gasteiger partial charge in [-0.25, -0.2) is 0 Å². The molecule has 112 valence electrons. The number of rotatable bonds is 5. The van der Waals surface area contributed by atoms with E-state index in [2.05, 4.69) is 10.3 Å². The number of pyridine rings is 1. The molecular weight excluding hydrogens is 280 g/mol. The summed E-state index contributed by atoms with van der Waals surface area (Å²) in [4.78, 5) is 16.5. The van der Waals surface area contributed by atoms with Gasteiger partial charge in [0.25, 0.3) is 5.91 Å². The molecule has 1 amide bonds. The Balaban J connectivity index is 1.95. The van der Waals surface area contributed by atoms with Crippen molar-refractivity contribution < 1.29 is 13.9 Å². The number of fused-ring (bicyclic) bond motifs is 1. The highest BCUT2D eigenvalue weighted by Gasteiger charge is 2.13. The monoisotopic (exact) mass is 296 g/mol. The fraction of sp³-hybridized carbons (Fsp3) is 0.176. The second-order valence-electron chi connectivity index (χ2n) is 4.79. The number of ether oxygens (including phenoxy) is 1. The van der Waals surface area contributed by atoms with E-state index in [9.17, 15) is 4.79 Å². The van der Waals surface area contributed by atoms with Gasteiger partial charge in [-0.05, 0) is 42.8 Å². The van der Waals surface area contributed by atoms with Crippen LogP contribution >= 0.6 is 0 Å². The third kappa shape index (κ3) is 2.79. The van der Waals surface area contributed by atoms with Crippen molar-refractivity contribution in [3.63, 3.8) is 0 Å². The summed E-state index contributed by atoms with van der Waals surface area (Å²) in [6.45, 7) is 2.68. The number of nitrogens with one attached hydrogen (secondary N) is 1. The van der Waals surface area contributed by atoms with Gasteiger partial charge in [0.15, 0.2) is 5.76 Å². The molecule has 1 aromatic carbocycles. The van der Waals surface area contributed by atoms with Gasteiger partial charge in [0, 0.05) is 11.6 Å². The first-order valence-corrected chi connectivity index (χ1v) is 7.15. The highest BCUT2D eigenvalue weighted by Crippen LogP contribution is 2.30. The summed E-state index contributed by atoms with van der Waals surface area (Å²) in [5.74, 6) is 0.689. The zero-order chi connectivity index (χ0) is 15.4. The number of nitrogens with zero attached hydrogens (tertiary/aromatic N) is 1. The average Bonchev–Trinajstić information content (AvgIpc) is 3.09. The van der Waals surface area contributed by atoms with E-state index in [1.54, 1.807) is 18.3 Å². The summed E-state index contributed by atoms with van der Waals surface area (Å²) >= 11 is 0. The fourth-order valence-electron chi connectivity index (χ4n) is 2.18. The maximum atomic E-state index is 12.1. The molecule has 3 aromatic rings. The number of hydrogen-bond donors (Lipinski definition) is 1. The van der Waals surface area contributed by atoms with E-state index >= 15 is 0 Å². The van der Waals surface area contributed by atoms with Crippen LogP contribution in [-0.4, -0.2) is 17.5 Å². The highest BCUT2D eigenvalue weighted by molar-refractivity contribution is 6.08. The van der Waals surface area contributed by atoms with Crippen molar-refractivity contribution >= 4 is 22.5 Å². The van der Waals surface area contributed by atoms with Crippen LogP contribution in [0.4, 0.5) is 5.69 Å². The lowest BCUT2D eigenvalue weighted by atomic mass is 10.1. The van der Waals surface area contributed by atoms with Crippen molar-refractivity contribution in [3.05, 3.63) is 54.6 Å². The first-order valence-electron chi connectivity index (χ1n) is 7.15. The topological polar surface area (TPSA) is 64.4 Å². The largest absolute Gasteiger partial charge is 0.491 e. The van der Waals surface area contributed by atoms with Gasteiger partial charge in [0.2, 0.25) is 0 Å². The molecule has 0 atom stereocenters. The molecule has 1 N–H and O–H groups in total. The van der Waals surface area contributed by atoms with E-state index < -0.39 is 0 Å². The summed E-state index contributed by atoms with van der Waals surface area (Å²) in [6, 6.07) is 10.7. The predicted octanol–water partition coefficient (Wildman–Crippen LogP) is 3.87. The Hall–Kier alpha value is -2.82. The van der Waals surface area contributed by atoms with Gasteiger partial charge in [0.1, 0.15) is 11.3 Å². The van der Waals surface area contributed by atoms with Crippen LogP contribution in [0, 0.1) is 0 Å². The maximum absolute atomic E-state index is 12.1. The fourth-order valence-corrected chi connectivity index (χ4v) is 2.18. The van der Waals surface area contributed by atoms with E-state index in [1.165, 1.54) is 6.26 Å². The number of benzene rings is 1. The van der Waals surface area contributed by atoms with E-state index in [-0.39, 0.29) is 11.7 Å². The van der Waals surface area contributed by atoms with E-state index in [1.807, 2.05) is 31.2 Å². The number of furan rings is 1. The SMILES string of the molecule is CCCOc1ccc(NC(=O)c2ccco2)c2cccnc12. The summed E-state index contributed by atoms with van der Waals surface area (Å²) < 4.78 is 10.8. The van der Waals surface area contributed by atoms with Crippen LogP contribution in [0.15, 0.2) is 53.3 Å². The van der Waals surface area contributed by atoms with Crippen LogP contribution in [0.1, 0.15) is 23.9 Å². The molecule has 0 saturated carbocycles. The summed E-state index contributed by atoms with van der Waals surface area (Å²) in [7, 11) is 0. The minimum Gasteiger partial charge on any atom is -0.491 e. The van der Waals surface area contributed by atoms with Crippen molar-refractivity contribution in [2.75, 3.05) is 11.9 Å². The van der Waals surface area contributed by atoms with Gasteiger partial charge in [0.05, 0.1) is 18.6 Å². The van der Waals surface area contributed by atoms with Gasteiger partial charge in [-0.15, -0.1) is 0 Å². The first-order chi connectivity index (χ1) is 10.8. The second-order valence-corrected chi connectivity index (χ2v) is 4.79. The summed E-state index contributed by atoms with van der Waals surface area (Å²) in [5.41, 5.74) is 1.40.